The van der Waals surface area contributed by atoms with Gasteiger partial charge in [-0.3, -0.25) is 14.4 Å². The van der Waals surface area contributed by atoms with Gasteiger partial charge >= 0.3 is 0 Å². The van der Waals surface area contributed by atoms with E-state index >= 15 is 0 Å². The van der Waals surface area contributed by atoms with Crippen LogP contribution in [-0.4, -0.2) is 33.2 Å². The van der Waals surface area contributed by atoms with Crippen molar-refractivity contribution in [2.75, 3.05) is 11.9 Å². The topological polar surface area (TPSA) is 63.3 Å². The van der Waals surface area contributed by atoms with Gasteiger partial charge < -0.3 is 9.73 Å². The molecule has 0 aliphatic heterocycles. The summed E-state index contributed by atoms with van der Waals surface area (Å²) in [5, 5.41) is 7.22. The molecule has 2 aliphatic carbocycles. The number of nitrogens with zero attached hydrogens (tertiary/aromatic N) is 3. The van der Waals surface area contributed by atoms with Crippen molar-refractivity contribution in [2.24, 2.45) is 13.0 Å². The van der Waals surface area contributed by atoms with Gasteiger partial charge in [-0.15, -0.1) is 0 Å². The van der Waals surface area contributed by atoms with Crippen LogP contribution < -0.4 is 5.32 Å². The number of furan rings is 1. The lowest BCUT2D eigenvalue weighted by Crippen LogP contribution is -2.34. The van der Waals surface area contributed by atoms with Gasteiger partial charge in [0, 0.05) is 25.1 Å². The predicted octanol–water partition coefficient (Wildman–Crippen LogP) is 3.05. The number of amides is 1. The van der Waals surface area contributed by atoms with E-state index in [9.17, 15) is 4.79 Å². The van der Waals surface area contributed by atoms with Gasteiger partial charge in [-0.2, -0.15) is 5.10 Å². The molecule has 0 bridgehead atoms. The average molecular weight is 342 g/mol. The van der Waals surface area contributed by atoms with Gasteiger partial charge in [0.2, 0.25) is 5.91 Å². The van der Waals surface area contributed by atoms with E-state index in [0.29, 0.717) is 25.0 Å². The molecule has 134 valence electrons. The summed E-state index contributed by atoms with van der Waals surface area (Å²) in [6, 6.07) is 6.55. The van der Waals surface area contributed by atoms with Gasteiger partial charge in [-0.1, -0.05) is 6.92 Å². The lowest BCUT2D eigenvalue weighted by Gasteiger charge is -2.20. The van der Waals surface area contributed by atoms with Crippen LogP contribution in [0, 0.1) is 12.8 Å². The first-order valence-corrected chi connectivity index (χ1v) is 9.12. The number of aromatic nitrogens is 2. The fourth-order valence-electron chi connectivity index (χ4n) is 3.45. The molecule has 1 amide bonds. The number of hydrogen-bond donors (Lipinski definition) is 1. The molecule has 0 saturated heterocycles. The van der Waals surface area contributed by atoms with Crippen LogP contribution in [0.4, 0.5) is 5.82 Å². The van der Waals surface area contributed by atoms with E-state index in [-0.39, 0.29) is 5.91 Å². The summed E-state index contributed by atoms with van der Waals surface area (Å²) in [7, 11) is 1.84. The Bertz CT molecular complexity index is 774. The van der Waals surface area contributed by atoms with Crippen molar-refractivity contribution in [1.82, 2.24) is 14.7 Å². The lowest BCUT2D eigenvalue weighted by atomic mass is 10.3. The average Bonchev–Trinajstić information content (AvgIpc) is 3.44. The van der Waals surface area contributed by atoms with Gasteiger partial charge in [0.1, 0.15) is 17.3 Å². The van der Waals surface area contributed by atoms with Gasteiger partial charge in [-0.25, -0.2) is 0 Å². The molecule has 2 aromatic rings. The summed E-state index contributed by atoms with van der Waals surface area (Å²) in [5.74, 6) is 4.14. The van der Waals surface area contributed by atoms with Crippen LogP contribution in [-0.2, 0) is 18.4 Å². The van der Waals surface area contributed by atoms with E-state index in [1.807, 2.05) is 20.0 Å². The Morgan fingerprint density at radius 2 is 2.20 bits per heavy atom. The zero-order chi connectivity index (χ0) is 17.6. The molecule has 0 radical (unpaired) electrons. The molecule has 1 N–H and O–H groups in total. The monoisotopic (exact) mass is 342 g/mol. The Hall–Kier alpha value is -2.08. The van der Waals surface area contributed by atoms with Crippen molar-refractivity contribution in [3.05, 3.63) is 35.4 Å². The van der Waals surface area contributed by atoms with E-state index in [1.165, 1.54) is 6.42 Å². The highest BCUT2D eigenvalue weighted by Gasteiger charge is 2.37. The molecule has 0 aromatic carbocycles. The number of nitrogens with one attached hydrogen (secondary N) is 1. The number of aryl methyl sites for hydroxylation is 2. The normalized spacial score (nSPS) is 22.4. The van der Waals surface area contributed by atoms with E-state index in [2.05, 4.69) is 34.4 Å². The molecule has 2 aromatic heterocycles. The van der Waals surface area contributed by atoms with Crippen LogP contribution in [0.25, 0.3) is 0 Å². The number of hydrogen-bond acceptors (Lipinski definition) is 4. The van der Waals surface area contributed by atoms with Crippen molar-refractivity contribution in [1.29, 1.82) is 0 Å². The maximum absolute atomic E-state index is 12.4. The fourth-order valence-corrected chi connectivity index (χ4v) is 3.45. The van der Waals surface area contributed by atoms with Crippen molar-refractivity contribution < 1.29 is 9.21 Å². The maximum Gasteiger partial charge on any atom is 0.239 e. The summed E-state index contributed by atoms with van der Waals surface area (Å²) in [5.41, 5.74) is 0.897. The van der Waals surface area contributed by atoms with Crippen LogP contribution >= 0.6 is 0 Å². The molecule has 25 heavy (non-hydrogen) atoms. The van der Waals surface area contributed by atoms with Crippen molar-refractivity contribution in [2.45, 2.75) is 51.6 Å². The third kappa shape index (κ3) is 3.79. The lowest BCUT2D eigenvalue weighted by molar-refractivity contribution is -0.117. The molecule has 2 heterocycles. The standard InChI is InChI=1S/C19H26N4O2/c1-12-8-16(12)17-7-6-15(25-17)10-23(14-4-5-14)11-19(24)20-18-9-13(2)21-22(18)3/h6-7,9,12,14,16H,4-5,8,10-11H2,1-3H3,(H,20,24)/t12-,16+/m0/s1. The number of carbonyl (C=O) groups excluding carboxylic acids is 1. The minimum atomic E-state index is -0.00232. The van der Waals surface area contributed by atoms with Gasteiger partial charge in [0.25, 0.3) is 0 Å². The zero-order valence-electron chi connectivity index (χ0n) is 15.2. The van der Waals surface area contributed by atoms with Gasteiger partial charge in [-0.05, 0) is 44.2 Å². The molecular formula is C19H26N4O2. The molecule has 6 heteroatoms. The van der Waals surface area contributed by atoms with E-state index in [1.54, 1.807) is 4.68 Å². The first-order valence-electron chi connectivity index (χ1n) is 9.12. The van der Waals surface area contributed by atoms with Crippen LogP contribution in [0.15, 0.2) is 22.6 Å². The molecule has 4 rings (SSSR count). The molecule has 0 unspecified atom stereocenters. The van der Waals surface area contributed by atoms with E-state index < -0.39 is 0 Å². The Kier molecular flexibility index (Phi) is 4.15. The Morgan fingerprint density at radius 3 is 2.80 bits per heavy atom. The second kappa shape index (κ2) is 6.33. The first kappa shape index (κ1) is 16.4. The quantitative estimate of drug-likeness (QED) is 0.840. The molecular weight excluding hydrogens is 316 g/mol. The summed E-state index contributed by atoms with van der Waals surface area (Å²) in [6.45, 7) is 5.25. The molecule has 2 atom stereocenters. The van der Waals surface area contributed by atoms with Gasteiger partial charge in [0.15, 0.2) is 0 Å². The summed E-state index contributed by atoms with van der Waals surface area (Å²) in [6.07, 6.45) is 3.54. The minimum absolute atomic E-state index is 0.00232. The summed E-state index contributed by atoms with van der Waals surface area (Å²) < 4.78 is 7.72. The van der Waals surface area contributed by atoms with Crippen LogP contribution in [0.2, 0.25) is 0 Å². The second-order valence-corrected chi connectivity index (χ2v) is 7.60. The minimum Gasteiger partial charge on any atom is -0.464 e. The molecule has 2 aliphatic rings. The van der Waals surface area contributed by atoms with Crippen LogP contribution in [0.5, 0.6) is 0 Å². The third-order valence-corrected chi connectivity index (χ3v) is 5.20. The van der Waals surface area contributed by atoms with Gasteiger partial charge in [0.05, 0.1) is 18.8 Å². The van der Waals surface area contributed by atoms with Crippen LogP contribution in [0.3, 0.4) is 0 Å². The Labute approximate surface area is 148 Å². The molecule has 2 saturated carbocycles. The highest BCUT2D eigenvalue weighted by molar-refractivity contribution is 5.91. The number of carbonyl (C=O) groups is 1. The number of rotatable bonds is 7. The SMILES string of the molecule is Cc1cc(NC(=O)CN(Cc2ccc([C@@H]3C[C@@H]3C)o2)C2CC2)n(C)n1. The molecule has 6 nitrogen and oxygen atoms in total. The zero-order valence-corrected chi connectivity index (χ0v) is 15.2. The third-order valence-electron chi connectivity index (χ3n) is 5.20. The Morgan fingerprint density at radius 1 is 1.44 bits per heavy atom. The summed E-state index contributed by atoms with van der Waals surface area (Å²) in [4.78, 5) is 14.7. The largest absolute Gasteiger partial charge is 0.464 e. The number of anilines is 1. The smallest absolute Gasteiger partial charge is 0.239 e. The highest BCUT2D eigenvalue weighted by Crippen LogP contribution is 2.47. The van der Waals surface area contributed by atoms with Crippen molar-refractivity contribution in [3.8, 4) is 0 Å². The fraction of sp³-hybridized carbons (Fsp3) is 0.579. The highest BCUT2D eigenvalue weighted by atomic mass is 16.3. The van der Waals surface area contributed by atoms with Crippen LogP contribution in [0.1, 0.15) is 49.3 Å². The maximum atomic E-state index is 12.4. The van der Waals surface area contributed by atoms with E-state index in [0.717, 1.165) is 41.8 Å². The Balaban J connectivity index is 1.37. The summed E-state index contributed by atoms with van der Waals surface area (Å²) >= 11 is 0. The second-order valence-electron chi connectivity index (χ2n) is 7.60. The first-order chi connectivity index (χ1) is 12.0. The van der Waals surface area contributed by atoms with E-state index in [4.69, 9.17) is 4.42 Å². The molecule has 2 fully saturated rings. The molecule has 0 spiro atoms. The van der Waals surface area contributed by atoms with Crippen molar-refractivity contribution >= 4 is 11.7 Å². The predicted molar refractivity (Wildman–Crippen MR) is 95.2 cm³/mol. The van der Waals surface area contributed by atoms with Crippen molar-refractivity contribution in [3.63, 3.8) is 0 Å².